The van der Waals surface area contributed by atoms with E-state index in [-0.39, 0.29) is 12.3 Å². The number of rotatable bonds is 2. The summed E-state index contributed by atoms with van der Waals surface area (Å²) in [6, 6.07) is 58.8. The van der Waals surface area contributed by atoms with Crippen LogP contribution in [-0.2, 0) is 5.41 Å². The van der Waals surface area contributed by atoms with Gasteiger partial charge in [0.05, 0.1) is 21.6 Å². The Bertz CT molecular complexity index is 3530. The van der Waals surface area contributed by atoms with Gasteiger partial charge in [-0.3, -0.25) is 0 Å². The number of fused-ring (bicyclic) bond motifs is 14. The number of benzene rings is 8. The third-order valence-corrected chi connectivity index (χ3v) is 13.9. The molecule has 0 unspecified atom stereocenters. The topological polar surface area (TPSA) is 21.3 Å². The zero-order valence-electron chi connectivity index (χ0n) is 31.8. The van der Waals surface area contributed by atoms with E-state index in [1.54, 1.807) is 0 Å². The lowest BCUT2D eigenvalue weighted by atomic mass is 9.44. The molecule has 0 spiro atoms. The molecule has 0 amide bonds. The van der Waals surface area contributed by atoms with Crippen LogP contribution in [0.3, 0.4) is 0 Å². The number of hydrogen-bond acceptors (Lipinski definition) is 3. The summed E-state index contributed by atoms with van der Waals surface area (Å²) in [5, 5.41) is 7.41. The molecule has 0 aliphatic carbocycles. The van der Waals surface area contributed by atoms with Crippen molar-refractivity contribution in [1.82, 2.24) is 4.48 Å². The van der Waals surface area contributed by atoms with Crippen LogP contribution >= 0.6 is 11.3 Å². The highest BCUT2D eigenvalue weighted by atomic mass is 32.1. The van der Waals surface area contributed by atoms with Crippen LogP contribution in [0.1, 0.15) is 26.3 Å². The summed E-state index contributed by atoms with van der Waals surface area (Å²) in [6.45, 7) is 6.84. The van der Waals surface area contributed by atoms with Gasteiger partial charge in [-0.1, -0.05) is 142 Å². The normalized spacial score (nSPS) is 13.5. The van der Waals surface area contributed by atoms with Crippen LogP contribution in [0.5, 0.6) is 0 Å². The molecule has 0 fully saturated rings. The van der Waals surface area contributed by atoms with Gasteiger partial charge in [0.1, 0.15) is 11.2 Å². The number of furan rings is 1. The predicted molar refractivity (Wildman–Crippen MR) is 244 cm³/mol. The van der Waals surface area contributed by atoms with Crippen molar-refractivity contribution in [2.45, 2.75) is 26.2 Å². The molecule has 3 nitrogen and oxygen atoms in total. The largest absolute Gasteiger partial charge is 0.456 e. The Morgan fingerprint density at radius 3 is 2.16 bits per heavy atom. The van der Waals surface area contributed by atoms with Crippen LogP contribution in [0.15, 0.2) is 162 Å². The van der Waals surface area contributed by atoms with Gasteiger partial charge in [0, 0.05) is 60.0 Å². The van der Waals surface area contributed by atoms with Crippen molar-refractivity contribution in [2.24, 2.45) is 0 Å². The summed E-state index contributed by atoms with van der Waals surface area (Å²) >= 11 is 1.92. The monoisotopic (exact) mass is 746 g/mol. The van der Waals surface area contributed by atoms with E-state index < -0.39 is 0 Å². The van der Waals surface area contributed by atoms with E-state index in [4.69, 9.17) is 4.42 Å². The molecular weight excluding hydrogens is 711 g/mol. The Morgan fingerprint density at radius 1 is 0.544 bits per heavy atom. The summed E-state index contributed by atoms with van der Waals surface area (Å²) < 4.78 is 12.1. The van der Waals surface area contributed by atoms with E-state index in [2.05, 4.69) is 188 Å². The van der Waals surface area contributed by atoms with Crippen molar-refractivity contribution in [3.8, 4) is 22.3 Å². The van der Waals surface area contributed by atoms with Gasteiger partial charge in [-0.15, -0.1) is 11.3 Å². The SMILES string of the molecule is CC(C)(C)c1ccc(N2c3cc4oc5ccccc5c4cc3B3c4c(cc5ccccc5c42)-c2cccc4c5sc6ccccc6c5n3c24)c(-c2ccccc2)c1. The molecule has 0 saturated carbocycles. The minimum Gasteiger partial charge on any atom is -0.456 e. The third-order valence-electron chi connectivity index (χ3n) is 12.7. The molecule has 268 valence electrons. The Hall–Kier alpha value is -6.56. The first-order valence-electron chi connectivity index (χ1n) is 19.9. The molecule has 3 aromatic heterocycles. The van der Waals surface area contributed by atoms with Gasteiger partial charge in [-0.25, -0.2) is 0 Å². The summed E-state index contributed by atoms with van der Waals surface area (Å²) in [6.07, 6.45) is 0. The first kappa shape index (κ1) is 31.6. The second-order valence-corrected chi connectivity index (χ2v) is 17.9. The van der Waals surface area contributed by atoms with E-state index in [1.165, 1.54) is 86.4 Å². The van der Waals surface area contributed by atoms with Gasteiger partial charge < -0.3 is 13.8 Å². The Kier molecular flexibility index (Phi) is 6.14. The molecule has 0 atom stereocenters. The highest BCUT2D eigenvalue weighted by Gasteiger charge is 2.45. The minimum absolute atomic E-state index is 0.0236. The molecule has 0 N–H and O–H groups in total. The molecule has 11 aromatic rings. The quantitative estimate of drug-likeness (QED) is 0.164. The number of thiophene rings is 1. The average Bonchev–Trinajstić information content (AvgIpc) is 3.90. The van der Waals surface area contributed by atoms with E-state index in [9.17, 15) is 0 Å². The van der Waals surface area contributed by atoms with Gasteiger partial charge in [-0.05, 0) is 68.7 Å². The fourth-order valence-electron chi connectivity index (χ4n) is 10.1. The predicted octanol–water partition coefficient (Wildman–Crippen LogP) is 13.4. The van der Waals surface area contributed by atoms with Crippen LogP contribution in [-0.4, -0.2) is 11.3 Å². The van der Waals surface area contributed by atoms with Crippen LogP contribution in [0, 0.1) is 0 Å². The van der Waals surface area contributed by atoms with E-state index in [1.807, 2.05) is 11.3 Å². The van der Waals surface area contributed by atoms with Crippen LogP contribution in [0.2, 0.25) is 0 Å². The van der Waals surface area contributed by atoms with Crippen LogP contribution in [0.25, 0.3) is 86.2 Å². The summed E-state index contributed by atoms with van der Waals surface area (Å²) in [5.74, 6) is 0. The third kappa shape index (κ3) is 4.17. The van der Waals surface area contributed by atoms with Crippen molar-refractivity contribution < 1.29 is 4.42 Å². The van der Waals surface area contributed by atoms with Crippen molar-refractivity contribution in [1.29, 1.82) is 0 Å². The second kappa shape index (κ2) is 11.1. The minimum atomic E-state index is -0.0779. The summed E-state index contributed by atoms with van der Waals surface area (Å²) in [7, 11) is 0. The maximum absolute atomic E-state index is 6.75. The molecule has 8 aromatic carbocycles. The molecule has 0 saturated heterocycles. The van der Waals surface area contributed by atoms with Crippen molar-refractivity contribution >= 4 is 110 Å². The van der Waals surface area contributed by atoms with E-state index in [0.29, 0.717) is 0 Å². The van der Waals surface area contributed by atoms with Crippen LogP contribution in [0.4, 0.5) is 17.1 Å². The lowest BCUT2D eigenvalue weighted by molar-refractivity contribution is 0.590. The molecule has 0 radical (unpaired) electrons. The molecule has 0 bridgehead atoms. The maximum Gasteiger partial charge on any atom is 0.333 e. The zero-order valence-corrected chi connectivity index (χ0v) is 32.6. The van der Waals surface area contributed by atoms with Crippen LogP contribution < -0.4 is 15.8 Å². The molecule has 13 rings (SSSR count). The highest BCUT2D eigenvalue weighted by molar-refractivity contribution is 7.27. The van der Waals surface area contributed by atoms with Crippen molar-refractivity contribution in [3.63, 3.8) is 0 Å². The number of aromatic nitrogens is 1. The summed E-state index contributed by atoms with van der Waals surface area (Å²) in [5.41, 5.74) is 16.9. The first-order valence-corrected chi connectivity index (χ1v) is 20.7. The number of hydrogen-bond donors (Lipinski definition) is 0. The average molecular weight is 747 g/mol. The molecular formula is C52H35BN2OS. The molecule has 2 aliphatic rings. The standard InChI is InChI=1S/C52H35BN2OS/c1-52(2,3)32-24-25-42(38(27-32)30-14-5-4-6-15-30)54-43-29-45-39(34-18-9-11-22-44(34)56-45)28-41(43)53-47-40(26-31-16-7-8-17-33(31)49(47)54)35-20-13-21-37-48(35)55(53)50-36-19-10-12-23-46(36)57-51(37)50/h4-29H,1-3H3. The highest BCUT2D eigenvalue weighted by Crippen LogP contribution is 2.52. The lowest BCUT2D eigenvalue weighted by Crippen LogP contribution is -2.56. The number of nitrogens with zero attached hydrogens (tertiary/aromatic N) is 2. The molecule has 5 heteroatoms. The van der Waals surface area contributed by atoms with E-state index in [0.717, 1.165) is 33.3 Å². The molecule has 2 aliphatic heterocycles. The number of para-hydroxylation sites is 2. The Labute approximate surface area is 334 Å². The van der Waals surface area contributed by atoms with Crippen molar-refractivity contribution in [3.05, 3.63) is 163 Å². The Morgan fingerprint density at radius 2 is 1.30 bits per heavy atom. The Balaban J connectivity index is 1.25. The summed E-state index contributed by atoms with van der Waals surface area (Å²) in [4.78, 5) is 2.59. The second-order valence-electron chi connectivity index (χ2n) is 16.8. The fraction of sp³-hybridized carbons (Fsp3) is 0.0769. The zero-order chi connectivity index (χ0) is 37.7. The number of anilines is 3. The van der Waals surface area contributed by atoms with Gasteiger partial charge in [0.25, 0.3) is 0 Å². The smallest absolute Gasteiger partial charge is 0.333 e. The lowest BCUT2D eigenvalue weighted by Gasteiger charge is -2.42. The maximum atomic E-state index is 6.75. The van der Waals surface area contributed by atoms with Gasteiger partial charge >= 0.3 is 6.85 Å². The van der Waals surface area contributed by atoms with Gasteiger partial charge in [0.15, 0.2) is 0 Å². The van der Waals surface area contributed by atoms with Crippen molar-refractivity contribution in [2.75, 3.05) is 4.90 Å². The van der Waals surface area contributed by atoms with E-state index >= 15 is 0 Å². The molecule has 5 heterocycles. The van der Waals surface area contributed by atoms with Gasteiger partial charge in [-0.2, -0.15) is 0 Å². The fourth-order valence-corrected chi connectivity index (χ4v) is 11.4. The molecule has 57 heavy (non-hydrogen) atoms. The van der Waals surface area contributed by atoms with Gasteiger partial charge in [0.2, 0.25) is 0 Å². The first-order chi connectivity index (χ1) is 27.9.